The molecule has 0 N–H and O–H groups in total. The maximum absolute atomic E-state index is 12.7. The third-order valence-electron chi connectivity index (χ3n) is 5.27. The molecule has 1 saturated heterocycles. The van der Waals surface area contributed by atoms with Crippen molar-refractivity contribution in [1.29, 1.82) is 0 Å². The van der Waals surface area contributed by atoms with Crippen LogP contribution in [0.15, 0.2) is 39.9 Å². The van der Waals surface area contributed by atoms with Crippen LogP contribution in [0.25, 0.3) is 11.3 Å². The van der Waals surface area contributed by atoms with Gasteiger partial charge in [0.2, 0.25) is 0 Å². The van der Waals surface area contributed by atoms with Crippen LogP contribution in [0.4, 0.5) is 5.69 Å². The Labute approximate surface area is 173 Å². The van der Waals surface area contributed by atoms with Crippen molar-refractivity contribution >= 4 is 17.3 Å². The maximum atomic E-state index is 12.7. The van der Waals surface area contributed by atoms with Gasteiger partial charge in [0.25, 0.3) is 5.56 Å². The van der Waals surface area contributed by atoms with Crippen molar-refractivity contribution in [2.24, 2.45) is 0 Å². The summed E-state index contributed by atoms with van der Waals surface area (Å²) < 4.78 is 12.4. The zero-order valence-electron chi connectivity index (χ0n) is 16.5. The van der Waals surface area contributed by atoms with E-state index in [0.717, 1.165) is 23.4 Å². The number of hydrogen-bond acceptors (Lipinski definition) is 7. The normalized spacial score (nSPS) is 18.7. The molecule has 0 amide bonds. The molecule has 0 unspecified atom stereocenters. The maximum Gasteiger partial charge on any atom is 0.269 e. The monoisotopic (exact) mass is 415 g/mol. The van der Waals surface area contributed by atoms with E-state index in [0.29, 0.717) is 23.2 Å². The lowest BCUT2D eigenvalue weighted by atomic mass is 10.0. The number of ether oxygens (including phenoxy) is 1. The molecule has 4 rings (SSSR count). The molecule has 0 bridgehead atoms. The van der Waals surface area contributed by atoms with E-state index in [1.54, 1.807) is 24.5 Å². The zero-order chi connectivity index (χ0) is 20.5. The average molecular weight is 416 g/mol. The lowest BCUT2D eigenvalue weighted by Crippen LogP contribution is -2.60. The van der Waals surface area contributed by atoms with Gasteiger partial charge in [-0.25, -0.2) is 9.67 Å². The quantitative estimate of drug-likeness (QED) is 0.572. The van der Waals surface area contributed by atoms with Crippen LogP contribution in [0.2, 0.25) is 5.15 Å². The van der Waals surface area contributed by atoms with Crippen LogP contribution in [0.5, 0.6) is 0 Å². The molecule has 1 aliphatic rings. The Morgan fingerprint density at radius 2 is 2.17 bits per heavy atom. The minimum Gasteiger partial charge on any atom is -0.375 e. The summed E-state index contributed by atoms with van der Waals surface area (Å²) in [5, 5.41) is 8.89. The van der Waals surface area contributed by atoms with E-state index >= 15 is 0 Å². The first-order valence-electron chi connectivity index (χ1n) is 9.50. The van der Waals surface area contributed by atoms with Crippen molar-refractivity contribution in [1.82, 2.24) is 19.9 Å². The highest BCUT2D eigenvalue weighted by molar-refractivity contribution is 6.29. The Kier molecular flexibility index (Phi) is 5.38. The molecule has 4 heterocycles. The van der Waals surface area contributed by atoms with Crippen LogP contribution in [-0.4, -0.2) is 45.2 Å². The molecule has 1 aliphatic heterocycles. The predicted molar refractivity (Wildman–Crippen MR) is 109 cm³/mol. The summed E-state index contributed by atoms with van der Waals surface area (Å²) >= 11 is 5.87. The number of anilines is 1. The van der Waals surface area contributed by atoms with Gasteiger partial charge in [0.1, 0.15) is 16.6 Å². The second-order valence-corrected chi connectivity index (χ2v) is 7.42. The molecule has 9 heteroatoms. The van der Waals surface area contributed by atoms with Crippen LogP contribution >= 0.6 is 11.6 Å². The summed E-state index contributed by atoms with van der Waals surface area (Å²) in [7, 11) is 0. The average Bonchev–Trinajstić information content (AvgIpc) is 3.07. The molecular weight excluding hydrogens is 394 g/mol. The third kappa shape index (κ3) is 3.77. The fourth-order valence-corrected chi connectivity index (χ4v) is 3.60. The molecule has 29 heavy (non-hydrogen) atoms. The van der Waals surface area contributed by atoms with Gasteiger partial charge in [-0.05, 0) is 32.9 Å². The van der Waals surface area contributed by atoms with E-state index < -0.39 is 0 Å². The highest BCUT2D eigenvalue weighted by atomic mass is 35.5. The Morgan fingerprint density at radius 3 is 2.83 bits per heavy atom. The summed E-state index contributed by atoms with van der Waals surface area (Å²) in [6.07, 6.45) is 3.53. The first-order chi connectivity index (χ1) is 14.0. The Balaban J connectivity index is 1.56. The molecule has 0 spiro atoms. The van der Waals surface area contributed by atoms with Crippen LogP contribution in [-0.2, 0) is 11.3 Å². The van der Waals surface area contributed by atoms with Gasteiger partial charge in [-0.1, -0.05) is 16.8 Å². The van der Waals surface area contributed by atoms with Crippen molar-refractivity contribution in [3.8, 4) is 11.3 Å². The molecule has 0 radical (unpaired) electrons. The minimum absolute atomic E-state index is 0.185. The van der Waals surface area contributed by atoms with Crippen molar-refractivity contribution in [2.75, 3.05) is 18.1 Å². The molecular formula is C20H22ClN5O3. The topological polar surface area (TPSA) is 86.3 Å². The molecule has 0 aromatic carbocycles. The summed E-state index contributed by atoms with van der Waals surface area (Å²) in [4.78, 5) is 18.9. The number of nitrogens with zero attached hydrogens (tertiary/aromatic N) is 5. The highest BCUT2D eigenvalue weighted by Gasteiger charge is 2.36. The predicted octanol–water partition coefficient (Wildman–Crippen LogP) is 2.92. The van der Waals surface area contributed by atoms with E-state index in [1.807, 2.05) is 19.9 Å². The molecule has 3 aromatic heterocycles. The minimum atomic E-state index is -0.185. The van der Waals surface area contributed by atoms with Crippen LogP contribution in [0.1, 0.15) is 25.2 Å². The number of aromatic nitrogens is 4. The third-order valence-corrected chi connectivity index (χ3v) is 5.49. The van der Waals surface area contributed by atoms with Crippen molar-refractivity contribution in [3.63, 3.8) is 0 Å². The second kappa shape index (κ2) is 7.96. The van der Waals surface area contributed by atoms with Gasteiger partial charge in [0.15, 0.2) is 0 Å². The van der Waals surface area contributed by atoms with E-state index in [1.165, 1.54) is 4.68 Å². The number of aryl methyl sites for hydroxylation is 1. The fourth-order valence-electron chi connectivity index (χ4n) is 3.49. The van der Waals surface area contributed by atoms with E-state index in [2.05, 4.69) is 27.1 Å². The fraction of sp³-hybridized carbons (Fsp3) is 0.400. The summed E-state index contributed by atoms with van der Waals surface area (Å²) in [5.74, 6) is 0.628. The standard InChI is InChI=1S/C20H22ClN5O3/c1-4-28-17-11-25(12(17)2)15-7-19(27)26(23-9-15)10-16-13(3)29-24-20(16)14-5-6-18(21)22-8-14/h5-9,12,17H,4,10-11H2,1-3H3/t12-,17-/m0/s1. The molecule has 0 aliphatic carbocycles. The Morgan fingerprint density at radius 1 is 1.34 bits per heavy atom. The Bertz CT molecular complexity index is 1060. The van der Waals surface area contributed by atoms with Gasteiger partial charge in [-0.2, -0.15) is 5.10 Å². The zero-order valence-corrected chi connectivity index (χ0v) is 17.3. The first-order valence-corrected chi connectivity index (χ1v) is 9.88. The van der Waals surface area contributed by atoms with E-state index in [-0.39, 0.29) is 24.2 Å². The van der Waals surface area contributed by atoms with Crippen molar-refractivity contribution < 1.29 is 9.26 Å². The molecule has 8 nitrogen and oxygen atoms in total. The molecule has 3 aromatic rings. The lowest BCUT2D eigenvalue weighted by Gasteiger charge is -2.47. The van der Waals surface area contributed by atoms with Gasteiger partial charge in [-0.3, -0.25) is 4.79 Å². The van der Waals surface area contributed by atoms with Gasteiger partial charge >= 0.3 is 0 Å². The first kappa shape index (κ1) is 19.6. The lowest BCUT2D eigenvalue weighted by molar-refractivity contribution is 0.0146. The van der Waals surface area contributed by atoms with Crippen molar-refractivity contribution in [3.05, 3.63) is 57.4 Å². The summed E-state index contributed by atoms with van der Waals surface area (Å²) in [6, 6.07) is 5.33. The SMILES string of the molecule is CCO[C@H]1CN(c2cnn(Cc3c(-c4ccc(Cl)nc4)noc3C)c(=O)c2)[C@H]1C. The van der Waals surface area contributed by atoms with Gasteiger partial charge in [0, 0.05) is 36.5 Å². The van der Waals surface area contributed by atoms with Gasteiger partial charge in [0.05, 0.1) is 30.6 Å². The number of pyridine rings is 1. The van der Waals surface area contributed by atoms with Gasteiger partial charge in [-0.15, -0.1) is 0 Å². The van der Waals surface area contributed by atoms with E-state index in [9.17, 15) is 4.79 Å². The summed E-state index contributed by atoms with van der Waals surface area (Å²) in [6.45, 7) is 7.58. The smallest absolute Gasteiger partial charge is 0.269 e. The molecule has 0 saturated carbocycles. The van der Waals surface area contributed by atoms with Crippen LogP contribution < -0.4 is 10.5 Å². The number of rotatable bonds is 6. The van der Waals surface area contributed by atoms with E-state index in [4.69, 9.17) is 20.9 Å². The van der Waals surface area contributed by atoms with Gasteiger partial charge < -0.3 is 14.2 Å². The van der Waals surface area contributed by atoms with Crippen LogP contribution in [0.3, 0.4) is 0 Å². The second-order valence-electron chi connectivity index (χ2n) is 7.03. The number of halogens is 1. The summed E-state index contributed by atoms with van der Waals surface area (Å²) in [5.41, 5.74) is 2.79. The Hall–Kier alpha value is -2.71. The molecule has 1 fully saturated rings. The molecule has 152 valence electrons. The number of hydrogen-bond donors (Lipinski definition) is 0. The van der Waals surface area contributed by atoms with Crippen molar-refractivity contribution in [2.45, 2.75) is 39.5 Å². The largest absolute Gasteiger partial charge is 0.375 e. The van der Waals surface area contributed by atoms with Crippen LogP contribution in [0, 0.1) is 6.92 Å². The highest BCUT2D eigenvalue weighted by Crippen LogP contribution is 2.28. The molecule has 2 atom stereocenters.